The summed E-state index contributed by atoms with van der Waals surface area (Å²) in [4.78, 5) is 34.8. The number of hydrogen-bond donors (Lipinski definition) is 1. The van der Waals surface area contributed by atoms with E-state index in [-0.39, 0.29) is 32.0 Å². The highest BCUT2D eigenvalue weighted by molar-refractivity contribution is 7.47. The summed E-state index contributed by atoms with van der Waals surface area (Å²) < 4.78 is 33.9. The standard InChI is InChI=1S/C34H68NO8P/c1-6-8-10-12-13-14-15-16-17-18-19-20-21-23-25-27-34(37)43-32(30-40-33(36)26-24-22-11-9-7-2)31-42-44(38,39)41-29-28-35(3,4)5/h32H,6-31H2,1-5H3/p+1/t32-/m1/s1. The van der Waals surface area contributed by atoms with E-state index in [2.05, 4.69) is 13.8 Å². The van der Waals surface area contributed by atoms with E-state index in [1.165, 1.54) is 77.0 Å². The highest BCUT2D eigenvalue weighted by atomic mass is 31.2. The van der Waals surface area contributed by atoms with E-state index in [1.807, 2.05) is 21.1 Å². The molecule has 0 aliphatic carbocycles. The Balaban J connectivity index is 4.32. The van der Waals surface area contributed by atoms with Gasteiger partial charge in [-0.05, 0) is 12.8 Å². The molecule has 0 fully saturated rings. The minimum Gasteiger partial charge on any atom is -0.462 e. The minimum atomic E-state index is -4.35. The third-order valence-corrected chi connectivity index (χ3v) is 8.62. The van der Waals surface area contributed by atoms with Crippen molar-refractivity contribution in [3.63, 3.8) is 0 Å². The first kappa shape index (κ1) is 43.0. The number of carbonyl (C=O) groups excluding carboxylic acids is 2. The van der Waals surface area contributed by atoms with Gasteiger partial charge in [-0.1, -0.05) is 129 Å². The van der Waals surface area contributed by atoms with Gasteiger partial charge >= 0.3 is 19.8 Å². The first-order valence-corrected chi connectivity index (χ1v) is 19.3. The van der Waals surface area contributed by atoms with Gasteiger partial charge in [0.1, 0.15) is 19.8 Å². The zero-order chi connectivity index (χ0) is 32.9. The Hall–Kier alpha value is -0.990. The molecule has 0 spiro atoms. The molecular formula is C34H69NO8P+. The van der Waals surface area contributed by atoms with Gasteiger partial charge in [0, 0.05) is 12.8 Å². The van der Waals surface area contributed by atoms with E-state index >= 15 is 0 Å². The SMILES string of the molecule is CCCCCCCCCCCCCCCCCC(=O)O[C@H](COC(=O)CCCCCCC)COP(=O)(O)OCC[N+](C)(C)C. The van der Waals surface area contributed by atoms with Crippen molar-refractivity contribution in [2.24, 2.45) is 0 Å². The lowest BCUT2D eigenvalue weighted by atomic mass is 10.0. The van der Waals surface area contributed by atoms with Gasteiger partial charge < -0.3 is 18.9 Å². The average molecular weight is 651 g/mol. The van der Waals surface area contributed by atoms with E-state index < -0.39 is 26.5 Å². The summed E-state index contributed by atoms with van der Waals surface area (Å²) in [7, 11) is 1.48. The van der Waals surface area contributed by atoms with Crippen molar-refractivity contribution in [1.29, 1.82) is 0 Å². The Morgan fingerprint density at radius 3 is 1.45 bits per heavy atom. The summed E-state index contributed by atoms with van der Waals surface area (Å²) in [5, 5.41) is 0. The summed E-state index contributed by atoms with van der Waals surface area (Å²) in [5.74, 6) is -0.807. The van der Waals surface area contributed by atoms with Gasteiger partial charge in [0.25, 0.3) is 0 Å². The molecule has 262 valence electrons. The number of ether oxygens (including phenoxy) is 2. The highest BCUT2D eigenvalue weighted by Gasteiger charge is 2.27. The predicted molar refractivity (Wildman–Crippen MR) is 178 cm³/mol. The second kappa shape index (κ2) is 28.3. The van der Waals surface area contributed by atoms with Crippen molar-refractivity contribution < 1.29 is 42.1 Å². The highest BCUT2D eigenvalue weighted by Crippen LogP contribution is 2.43. The summed E-state index contributed by atoms with van der Waals surface area (Å²) >= 11 is 0. The average Bonchev–Trinajstić information content (AvgIpc) is 2.95. The summed E-state index contributed by atoms with van der Waals surface area (Å²) in [6.45, 7) is 4.32. The number of carbonyl (C=O) groups is 2. The maximum atomic E-state index is 12.5. The second-order valence-corrected chi connectivity index (χ2v) is 14.7. The van der Waals surface area contributed by atoms with E-state index in [1.54, 1.807) is 0 Å². The van der Waals surface area contributed by atoms with Crippen LogP contribution in [-0.2, 0) is 32.7 Å². The molecule has 1 N–H and O–H groups in total. The molecule has 0 amide bonds. The largest absolute Gasteiger partial charge is 0.472 e. The summed E-state index contributed by atoms with van der Waals surface area (Å²) in [6.07, 6.45) is 23.3. The molecule has 0 heterocycles. The fourth-order valence-electron chi connectivity index (χ4n) is 4.78. The smallest absolute Gasteiger partial charge is 0.462 e. The molecule has 0 saturated heterocycles. The second-order valence-electron chi connectivity index (χ2n) is 13.3. The minimum absolute atomic E-state index is 0.0357. The van der Waals surface area contributed by atoms with E-state index in [4.69, 9.17) is 18.5 Å². The molecule has 2 atom stereocenters. The number of unbranched alkanes of at least 4 members (excludes halogenated alkanes) is 18. The van der Waals surface area contributed by atoms with Crippen LogP contribution >= 0.6 is 7.82 Å². The van der Waals surface area contributed by atoms with Crippen LogP contribution < -0.4 is 0 Å². The third-order valence-electron chi connectivity index (χ3n) is 7.64. The van der Waals surface area contributed by atoms with Crippen LogP contribution in [0.1, 0.15) is 155 Å². The fraction of sp³-hybridized carbons (Fsp3) is 0.941. The van der Waals surface area contributed by atoms with Crippen LogP contribution in [0, 0.1) is 0 Å². The lowest BCUT2D eigenvalue weighted by Gasteiger charge is -2.24. The lowest BCUT2D eigenvalue weighted by Crippen LogP contribution is -2.37. The van der Waals surface area contributed by atoms with Crippen molar-refractivity contribution >= 4 is 19.8 Å². The van der Waals surface area contributed by atoms with Crippen LogP contribution in [0.25, 0.3) is 0 Å². The molecule has 9 nitrogen and oxygen atoms in total. The van der Waals surface area contributed by atoms with Crippen molar-refractivity contribution in [1.82, 2.24) is 0 Å². The van der Waals surface area contributed by atoms with Gasteiger partial charge in [0.05, 0.1) is 27.7 Å². The Kier molecular flexibility index (Phi) is 27.6. The quantitative estimate of drug-likeness (QED) is 0.0333. The van der Waals surface area contributed by atoms with E-state index in [9.17, 15) is 19.0 Å². The number of nitrogens with zero attached hydrogens (tertiary/aromatic N) is 1. The van der Waals surface area contributed by atoms with Crippen molar-refractivity contribution in [2.75, 3.05) is 47.5 Å². The molecular weight excluding hydrogens is 581 g/mol. The molecule has 0 aromatic heterocycles. The molecule has 0 bridgehead atoms. The molecule has 0 aromatic rings. The first-order valence-electron chi connectivity index (χ1n) is 17.8. The Morgan fingerprint density at radius 1 is 0.614 bits per heavy atom. The van der Waals surface area contributed by atoms with Gasteiger partial charge in [-0.15, -0.1) is 0 Å². The van der Waals surface area contributed by atoms with Crippen LogP contribution in [0.5, 0.6) is 0 Å². The van der Waals surface area contributed by atoms with Crippen LogP contribution in [0.15, 0.2) is 0 Å². The van der Waals surface area contributed by atoms with Gasteiger partial charge in [-0.25, -0.2) is 4.57 Å². The van der Waals surface area contributed by atoms with Gasteiger partial charge in [-0.2, -0.15) is 0 Å². The van der Waals surface area contributed by atoms with Gasteiger partial charge in [0.15, 0.2) is 6.10 Å². The maximum Gasteiger partial charge on any atom is 0.472 e. The molecule has 1 unspecified atom stereocenters. The molecule has 0 aromatic carbocycles. The molecule has 0 saturated carbocycles. The van der Waals surface area contributed by atoms with Crippen LogP contribution in [0.3, 0.4) is 0 Å². The fourth-order valence-corrected chi connectivity index (χ4v) is 5.52. The Morgan fingerprint density at radius 2 is 1.02 bits per heavy atom. The number of rotatable bonds is 32. The number of phosphoric acid groups is 1. The molecule has 0 radical (unpaired) electrons. The van der Waals surface area contributed by atoms with Crippen LogP contribution in [0.4, 0.5) is 0 Å². The Bertz CT molecular complexity index is 743. The van der Waals surface area contributed by atoms with Crippen molar-refractivity contribution in [2.45, 2.75) is 161 Å². The van der Waals surface area contributed by atoms with Crippen LogP contribution in [0.2, 0.25) is 0 Å². The summed E-state index contributed by atoms with van der Waals surface area (Å²) in [5.41, 5.74) is 0. The maximum absolute atomic E-state index is 12.5. The Labute approximate surface area is 270 Å². The molecule has 10 heteroatoms. The molecule has 0 rings (SSSR count). The van der Waals surface area contributed by atoms with E-state index in [0.29, 0.717) is 17.4 Å². The molecule has 0 aliphatic heterocycles. The predicted octanol–water partition coefficient (Wildman–Crippen LogP) is 8.90. The number of likely N-dealkylation sites (N-methyl/N-ethyl adjacent to an activating group) is 1. The number of esters is 2. The van der Waals surface area contributed by atoms with Gasteiger partial charge in [-0.3, -0.25) is 18.6 Å². The lowest BCUT2D eigenvalue weighted by molar-refractivity contribution is -0.870. The zero-order valence-electron chi connectivity index (χ0n) is 29.2. The number of quaternary nitrogens is 1. The summed E-state index contributed by atoms with van der Waals surface area (Å²) in [6, 6.07) is 0. The number of hydrogen-bond acceptors (Lipinski definition) is 7. The number of phosphoric ester groups is 1. The first-order chi connectivity index (χ1) is 21.0. The topological polar surface area (TPSA) is 108 Å². The third kappa shape index (κ3) is 31.0. The van der Waals surface area contributed by atoms with Crippen molar-refractivity contribution in [3.05, 3.63) is 0 Å². The zero-order valence-corrected chi connectivity index (χ0v) is 30.1. The van der Waals surface area contributed by atoms with E-state index in [0.717, 1.165) is 44.9 Å². The van der Waals surface area contributed by atoms with Crippen LogP contribution in [-0.4, -0.2) is 74.9 Å². The molecule has 44 heavy (non-hydrogen) atoms. The monoisotopic (exact) mass is 650 g/mol. The van der Waals surface area contributed by atoms with Gasteiger partial charge in [0.2, 0.25) is 0 Å². The van der Waals surface area contributed by atoms with Crippen molar-refractivity contribution in [3.8, 4) is 0 Å². The normalized spacial score (nSPS) is 13.9. The molecule has 0 aliphatic rings.